The zero-order valence-corrected chi connectivity index (χ0v) is 15.0. The maximum absolute atomic E-state index is 8.33. The average Bonchev–Trinajstić information content (AvgIpc) is 2.47. The van der Waals surface area contributed by atoms with E-state index in [1.54, 1.807) is 0 Å². The Labute approximate surface area is 137 Å². The second-order valence-corrected chi connectivity index (χ2v) is 5.49. The van der Waals surface area contributed by atoms with E-state index in [1.165, 1.54) is 77.0 Å². The van der Waals surface area contributed by atoms with Gasteiger partial charge in [-0.15, -0.1) is 0 Å². The van der Waals surface area contributed by atoms with Crippen molar-refractivity contribution in [1.29, 1.82) is 0 Å². The molecule has 0 aromatic rings. The highest BCUT2D eigenvalue weighted by Crippen LogP contribution is 2.03. The van der Waals surface area contributed by atoms with Crippen molar-refractivity contribution in [2.24, 2.45) is 0 Å². The standard InChI is InChI=1S/2C8H19N.CH2O3/c2*1-2-3-4-5-6-7-8-9;2-1(3)4/h2*2-9H2,1H3;(H2,2,3,4). The Balaban J connectivity index is -0.000000266. The lowest BCUT2D eigenvalue weighted by Crippen LogP contribution is -2.50. The third-order valence-corrected chi connectivity index (χ3v) is 3.21. The molecular weight excluding hydrogens is 280 g/mol. The molecule has 0 amide bonds. The van der Waals surface area contributed by atoms with E-state index in [2.05, 4.69) is 25.3 Å². The van der Waals surface area contributed by atoms with Gasteiger partial charge in [-0.3, -0.25) is 0 Å². The number of quaternary nitrogens is 2. The zero-order chi connectivity index (χ0) is 17.5. The van der Waals surface area contributed by atoms with Gasteiger partial charge in [-0.1, -0.05) is 65.2 Å². The summed E-state index contributed by atoms with van der Waals surface area (Å²) in [6, 6.07) is 0. The third-order valence-electron chi connectivity index (χ3n) is 3.21. The summed E-state index contributed by atoms with van der Waals surface area (Å²) in [6.45, 7) is 6.74. The van der Waals surface area contributed by atoms with E-state index in [0.717, 1.165) is 13.1 Å². The summed E-state index contributed by atoms with van der Waals surface area (Å²) in [5.41, 5.74) is 7.61. The molecule has 22 heavy (non-hydrogen) atoms. The molecule has 0 atom stereocenters. The molecule has 0 aliphatic rings. The number of hydrogen-bond donors (Lipinski definition) is 2. The molecule has 5 nitrogen and oxygen atoms in total. The van der Waals surface area contributed by atoms with Crippen LogP contribution in [-0.2, 0) is 0 Å². The molecule has 0 aromatic carbocycles. The van der Waals surface area contributed by atoms with Crippen LogP contribution < -0.4 is 21.7 Å². The van der Waals surface area contributed by atoms with Crippen molar-refractivity contribution in [2.45, 2.75) is 90.9 Å². The number of carboxylic acid groups (broad SMARTS) is 2. The maximum atomic E-state index is 8.33. The van der Waals surface area contributed by atoms with Crippen LogP contribution in [0.3, 0.4) is 0 Å². The Bertz CT molecular complexity index is 161. The van der Waals surface area contributed by atoms with Gasteiger partial charge in [0.05, 0.1) is 13.1 Å². The number of carbonyl (C=O) groups excluding carboxylic acids is 1. The number of rotatable bonds is 12. The SMILES string of the molecule is CCCCCCCC[NH3+].CCCCCCCC[NH3+].O=C([O-])[O-]. The van der Waals surface area contributed by atoms with Crippen molar-refractivity contribution in [3.05, 3.63) is 0 Å². The quantitative estimate of drug-likeness (QED) is 0.516. The summed E-state index contributed by atoms with van der Waals surface area (Å²) >= 11 is 0. The van der Waals surface area contributed by atoms with Crippen LogP contribution in [0.15, 0.2) is 0 Å². The largest absolute Gasteiger partial charge is 0.652 e. The molecule has 0 aromatic heterocycles. The number of hydrogen-bond acceptors (Lipinski definition) is 3. The van der Waals surface area contributed by atoms with E-state index in [0.29, 0.717) is 0 Å². The van der Waals surface area contributed by atoms with Gasteiger partial charge >= 0.3 is 0 Å². The number of carbonyl (C=O) groups is 1. The topological polar surface area (TPSA) is 118 Å². The van der Waals surface area contributed by atoms with Crippen molar-refractivity contribution in [3.8, 4) is 0 Å². The second-order valence-electron chi connectivity index (χ2n) is 5.49. The third kappa shape index (κ3) is 50.7. The predicted octanol–water partition coefficient (Wildman–Crippen LogP) is 0.731. The molecule has 0 saturated heterocycles. The first-order valence-corrected chi connectivity index (χ1v) is 9.03. The molecule has 5 heteroatoms. The first-order valence-electron chi connectivity index (χ1n) is 9.03. The van der Waals surface area contributed by atoms with Gasteiger partial charge in [0.15, 0.2) is 0 Å². The molecule has 0 bridgehead atoms. The van der Waals surface area contributed by atoms with Gasteiger partial charge < -0.3 is 26.5 Å². The molecular formula is C17H40N2O3. The minimum absolute atomic E-state index is 1.12. The Morgan fingerprint density at radius 2 is 0.864 bits per heavy atom. The molecule has 0 aliphatic heterocycles. The Hall–Kier alpha value is -0.810. The van der Waals surface area contributed by atoms with Crippen LogP contribution in [0.5, 0.6) is 0 Å². The molecule has 0 saturated carbocycles. The van der Waals surface area contributed by atoms with E-state index in [9.17, 15) is 0 Å². The Morgan fingerprint density at radius 3 is 1.09 bits per heavy atom. The van der Waals surface area contributed by atoms with E-state index in [4.69, 9.17) is 15.0 Å². The van der Waals surface area contributed by atoms with Crippen LogP contribution in [0.4, 0.5) is 4.79 Å². The highest BCUT2D eigenvalue weighted by atomic mass is 16.6. The maximum Gasteiger partial charge on any atom is 0.0739 e. The molecule has 0 spiro atoms. The average molecular weight is 321 g/mol. The summed E-state index contributed by atoms with van der Waals surface area (Å²) in [7, 11) is 0. The van der Waals surface area contributed by atoms with Crippen LogP contribution in [0.25, 0.3) is 0 Å². The van der Waals surface area contributed by atoms with Crippen LogP contribution in [-0.4, -0.2) is 19.2 Å². The summed E-state index contributed by atoms with van der Waals surface area (Å²) in [5, 5.41) is 16.7. The fourth-order valence-corrected chi connectivity index (χ4v) is 1.91. The van der Waals surface area contributed by atoms with Gasteiger partial charge in [0.2, 0.25) is 0 Å². The second kappa shape index (κ2) is 28.4. The highest BCUT2D eigenvalue weighted by molar-refractivity contribution is 5.47. The molecule has 6 N–H and O–H groups in total. The summed E-state index contributed by atoms with van der Waals surface area (Å²) in [6.07, 6.45) is 14.3. The van der Waals surface area contributed by atoms with Gasteiger partial charge in [-0.25, -0.2) is 0 Å². The molecule has 0 aliphatic carbocycles. The highest BCUT2D eigenvalue weighted by Gasteiger charge is 1.87. The van der Waals surface area contributed by atoms with Gasteiger partial charge in [0.25, 0.3) is 0 Å². The lowest BCUT2D eigenvalue weighted by molar-refractivity contribution is -0.415. The minimum atomic E-state index is -2.33. The van der Waals surface area contributed by atoms with Gasteiger partial charge in [0, 0.05) is 0 Å². The molecule has 136 valence electrons. The normalized spacial score (nSPS) is 9.27. The lowest BCUT2D eigenvalue weighted by atomic mass is 10.1. The lowest BCUT2D eigenvalue weighted by Gasteiger charge is -1.96. The first-order chi connectivity index (χ1) is 10.6. The van der Waals surface area contributed by atoms with Crippen LogP contribution in [0, 0.1) is 0 Å². The fraction of sp³-hybridized carbons (Fsp3) is 0.941. The van der Waals surface area contributed by atoms with Gasteiger partial charge in [-0.05, 0) is 31.8 Å². The smallest absolute Gasteiger partial charge is 0.0739 e. The van der Waals surface area contributed by atoms with Crippen LogP contribution in [0.2, 0.25) is 0 Å². The number of unbranched alkanes of at least 4 members (excludes halogenated alkanes) is 10. The van der Waals surface area contributed by atoms with Crippen molar-refractivity contribution in [1.82, 2.24) is 0 Å². The van der Waals surface area contributed by atoms with E-state index in [1.807, 2.05) is 0 Å². The summed E-state index contributed by atoms with van der Waals surface area (Å²) < 4.78 is 0. The molecule has 0 fully saturated rings. The summed E-state index contributed by atoms with van der Waals surface area (Å²) in [4.78, 5) is 8.33. The molecule has 0 unspecified atom stereocenters. The van der Waals surface area contributed by atoms with E-state index >= 15 is 0 Å². The summed E-state index contributed by atoms with van der Waals surface area (Å²) in [5.74, 6) is 0. The van der Waals surface area contributed by atoms with E-state index < -0.39 is 6.16 Å². The van der Waals surface area contributed by atoms with Crippen molar-refractivity contribution >= 4 is 6.16 Å². The Morgan fingerprint density at radius 1 is 0.636 bits per heavy atom. The van der Waals surface area contributed by atoms with Gasteiger partial charge in [0.1, 0.15) is 0 Å². The van der Waals surface area contributed by atoms with Crippen molar-refractivity contribution in [2.75, 3.05) is 13.1 Å². The monoisotopic (exact) mass is 320 g/mol. The first kappa shape index (κ1) is 26.1. The van der Waals surface area contributed by atoms with Crippen LogP contribution >= 0.6 is 0 Å². The fourth-order valence-electron chi connectivity index (χ4n) is 1.91. The van der Waals surface area contributed by atoms with Crippen molar-refractivity contribution in [3.63, 3.8) is 0 Å². The van der Waals surface area contributed by atoms with Crippen molar-refractivity contribution < 1.29 is 26.5 Å². The zero-order valence-electron chi connectivity index (χ0n) is 15.0. The van der Waals surface area contributed by atoms with E-state index in [-0.39, 0.29) is 0 Å². The minimum Gasteiger partial charge on any atom is -0.652 e. The molecule has 0 heterocycles. The van der Waals surface area contributed by atoms with Crippen LogP contribution in [0.1, 0.15) is 90.9 Å². The Kier molecular flexibility index (Phi) is 33.7. The molecule has 0 radical (unpaired) electrons. The van der Waals surface area contributed by atoms with Gasteiger partial charge in [-0.2, -0.15) is 0 Å². The molecule has 0 rings (SSSR count). The predicted molar refractivity (Wildman–Crippen MR) is 87.7 cm³/mol.